The standard InChI is InChI=1S/C9H15N3OS/c1-9(13,7-14-2)6-12-8-10-4-3-5-11-8/h3-5,13H,6-7H2,1-2H3,(H,10,11,12). The molecule has 5 heteroatoms. The van der Waals surface area contributed by atoms with E-state index in [0.717, 1.165) is 0 Å². The maximum Gasteiger partial charge on any atom is 0.222 e. The van der Waals surface area contributed by atoms with Crippen molar-refractivity contribution in [3.63, 3.8) is 0 Å². The minimum atomic E-state index is -0.724. The first-order valence-electron chi connectivity index (χ1n) is 4.36. The lowest BCUT2D eigenvalue weighted by molar-refractivity contribution is 0.0995. The first-order chi connectivity index (χ1) is 6.64. The lowest BCUT2D eigenvalue weighted by Gasteiger charge is -2.22. The Balaban J connectivity index is 2.40. The van der Waals surface area contributed by atoms with E-state index in [1.54, 1.807) is 37.1 Å². The molecule has 1 rings (SSSR count). The van der Waals surface area contributed by atoms with E-state index >= 15 is 0 Å². The second-order valence-corrected chi connectivity index (χ2v) is 4.22. The summed E-state index contributed by atoms with van der Waals surface area (Å²) in [5.41, 5.74) is -0.724. The van der Waals surface area contributed by atoms with Crippen molar-refractivity contribution in [1.29, 1.82) is 0 Å². The highest BCUT2D eigenvalue weighted by atomic mass is 32.2. The highest BCUT2D eigenvalue weighted by Gasteiger charge is 2.19. The van der Waals surface area contributed by atoms with Gasteiger partial charge in [0, 0.05) is 24.7 Å². The van der Waals surface area contributed by atoms with Gasteiger partial charge in [-0.2, -0.15) is 11.8 Å². The Hall–Kier alpha value is -0.810. The number of hydrogen-bond acceptors (Lipinski definition) is 5. The van der Waals surface area contributed by atoms with E-state index in [-0.39, 0.29) is 0 Å². The summed E-state index contributed by atoms with van der Waals surface area (Å²) >= 11 is 1.61. The van der Waals surface area contributed by atoms with Gasteiger partial charge in [0.2, 0.25) is 5.95 Å². The molecular weight excluding hydrogens is 198 g/mol. The van der Waals surface area contributed by atoms with Crippen molar-refractivity contribution in [3.8, 4) is 0 Å². The van der Waals surface area contributed by atoms with Crippen LogP contribution < -0.4 is 5.32 Å². The second-order valence-electron chi connectivity index (χ2n) is 3.36. The number of anilines is 1. The first kappa shape index (κ1) is 11.3. The van der Waals surface area contributed by atoms with Crippen molar-refractivity contribution in [2.45, 2.75) is 12.5 Å². The van der Waals surface area contributed by atoms with E-state index in [0.29, 0.717) is 18.2 Å². The van der Waals surface area contributed by atoms with Gasteiger partial charge < -0.3 is 10.4 Å². The summed E-state index contributed by atoms with van der Waals surface area (Å²) in [5, 5.41) is 12.8. The van der Waals surface area contributed by atoms with E-state index in [2.05, 4.69) is 15.3 Å². The molecule has 4 nitrogen and oxygen atoms in total. The van der Waals surface area contributed by atoms with Crippen LogP contribution in [0.25, 0.3) is 0 Å². The number of nitrogens with one attached hydrogen (secondary N) is 1. The monoisotopic (exact) mass is 213 g/mol. The first-order valence-corrected chi connectivity index (χ1v) is 5.76. The number of aromatic nitrogens is 2. The summed E-state index contributed by atoms with van der Waals surface area (Å²) in [5.74, 6) is 1.24. The minimum absolute atomic E-state index is 0.456. The van der Waals surface area contributed by atoms with Crippen LogP contribution in [-0.2, 0) is 0 Å². The third-order valence-corrected chi connectivity index (χ3v) is 2.56. The Morgan fingerprint density at radius 1 is 1.50 bits per heavy atom. The quantitative estimate of drug-likeness (QED) is 0.764. The summed E-state index contributed by atoms with van der Waals surface area (Å²) < 4.78 is 0. The maximum absolute atomic E-state index is 9.84. The Labute approximate surface area is 88.2 Å². The van der Waals surface area contributed by atoms with Crippen LogP contribution in [-0.4, -0.2) is 39.2 Å². The van der Waals surface area contributed by atoms with Crippen molar-refractivity contribution in [2.24, 2.45) is 0 Å². The molecule has 0 aliphatic carbocycles. The Kier molecular flexibility index (Phi) is 4.16. The van der Waals surface area contributed by atoms with Crippen LogP contribution in [0.5, 0.6) is 0 Å². The molecule has 0 aliphatic heterocycles. The van der Waals surface area contributed by atoms with Crippen LogP contribution in [0.2, 0.25) is 0 Å². The molecule has 0 spiro atoms. The predicted octanol–water partition coefficient (Wildman–Crippen LogP) is 1.00. The summed E-state index contributed by atoms with van der Waals surface area (Å²) in [6.45, 7) is 2.25. The molecule has 78 valence electrons. The summed E-state index contributed by atoms with van der Waals surface area (Å²) in [6.07, 6.45) is 5.30. The Morgan fingerprint density at radius 2 is 2.14 bits per heavy atom. The SMILES string of the molecule is CSCC(C)(O)CNc1ncccn1. The molecule has 1 atom stereocenters. The van der Waals surface area contributed by atoms with E-state index in [1.807, 2.05) is 6.26 Å². The zero-order valence-electron chi connectivity index (χ0n) is 8.40. The van der Waals surface area contributed by atoms with Crippen molar-refractivity contribution >= 4 is 17.7 Å². The minimum Gasteiger partial charge on any atom is -0.387 e. The molecule has 1 aromatic rings. The fourth-order valence-corrected chi connectivity index (χ4v) is 1.75. The molecule has 2 N–H and O–H groups in total. The summed E-state index contributed by atoms with van der Waals surface area (Å²) in [4.78, 5) is 8.00. The molecule has 0 saturated heterocycles. The fourth-order valence-electron chi connectivity index (χ4n) is 1.02. The van der Waals surface area contributed by atoms with Gasteiger partial charge in [-0.25, -0.2) is 9.97 Å². The van der Waals surface area contributed by atoms with Gasteiger partial charge in [-0.1, -0.05) is 0 Å². The van der Waals surface area contributed by atoms with Crippen LogP contribution in [0.15, 0.2) is 18.5 Å². The third-order valence-electron chi connectivity index (χ3n) is 1.65. The smallest absolute Gasteiger partial charge is 0.222 e. The fraction of sp³-hybridized carbons (Fsp3) is 0.556. The number of thioether (sulfide) groups is 1. The number of nitrogens with zero attached hydrogens (tertiary/aromatic N) is 2. The van der Waals surface area contributed by atoms with Crippen molar-refractivity contribution < 1.29 is 5.11 Å². The van der Waals surface area contributed by atoms with Crippen LogP contribution >= 0.6 is 11.8 Å². The zero-order chi connectivity index (χ0) is 10.4. The molecule has 0 aromatic carbocycles. The second kappa shape index (κ2) is 5.17. The van der Waals surface area contributed by atoms with Crippen molar-refractivity contribution in [2.75, 3.05) is 23.9 Å². The molecule has 1 aromatic heterocycles. The molecule has 0 saturated carbocycles. The number of hydrogen-bond donors (Lipinski definition) is 2. The predicted molar refractivity (Wildman–Crippen MR) is 59.5 cm³/mol. The van der Waals surface area contributed by atoms with E-state index in [1.165, 1.54) is 0 Å². The van der Waals surface area contributed by atoms with E-state index in [9.17, 15) is 5.11 Å². The van der Waals surface area contributed by atoms with Gasteiger partial charge in [0.25, 0.3) is 0 Å². The maximum atomic E-state index is 9.84. The van der Waals surface area contributed by atoms with Gasteiger partial charge in [0.05, 0.1) is 5.60 Å². The zero-order valence-corrected chi connectivity index (χ0v) is 9.21. The van der Waals surface area contributed by atoms with Gasteiger partial charge in [-0.3, -0.25) is 0 Å². The van der Waals surface area contributed by atoms with Gasteiger partial charge in [-0.15, -0.1) is 0 Å². The molecule has 0 aliphatic rings. The molecule has 0 fully saturated rings. The third kappa shape index (κ3) is 3.93. The van der Waals surface area contributed by atoms with Crippen molar-refractivity contribution in [3.05, 3.63) is 18.5 Å². The number of aliphatic hydroxyl groups is 1. The summed E-state index contributed by atoms with van der Waals surface area (Å²) in [7, 11) is 0. The molecular formula is C9H15N3OS. The average molecular weight is 213 g/mol. The van der Waals surface area contributed by atoms with Crippen LogP contribution in [0.4, 0.5) is 5.95 Å². The molecule has 0 bridgehead atoms. The van der Waals surface area contributed by atoms with Crippen LogP contribution in [0.3, 0.4) is 0 Å². The van der Waals surface area contributed by atoms with Gasteiger partial charge in [0.1, 0.15) is 0 Å². The Morgan fingerprint density at radius 3 is 2.71 bits per heavy atom. The van der Waals surface area contributed by atoms with Gasteiger partial charge >= 0.3 is 0 Å². The van der Waals surface area contributed by atoms with E-state index < -0.39 is 5.60 Å². The molecule has 1 heterocycles. The molecule has 14 heavy (non-hydrogen) atoms. The topological polar surface area (TPSA) is 58.0 Å². The largest absolute Gasteiger partial charge is 0.387 e. The average Bonchev–Trinajstić information content (AvgIpc) is 2.17. The highest BCUT2D eigenvalue weighted by Crippen LogP contribution is 2.10. The van der Waals surface area contributed by atoms with Crippen LogP contribution in [0, 0.1) is 0 Å². The highest BCUT2D eigenvalue weighted by molar-refractivity contribution is 7.98. The van der Waals surface area contributed by atoms with E-state index in [4.69, 9.17) is 0 Å². The number of rotatable bonds is 5. The molecule has 0 radical (unpaired) electrons. The Bertz CT molecular complexity index is 266. The van der Waals surface area contributed by atoms with Gasteiger partial charge in [0.15, 0.2) is 0 Å². The lowest BCUT2D eigenvalue weighted by Crippen LogP contribution is -2.36. The normalized spacial score (nSPS) is 14.8. The summed E-state index contributed by atoms with van der Waals surface area (Å²) in [6, 6.07) is 1.76. The lowest BCUT2D eigenvalue weighted by atomic mass is 10.1. The van der Waals surface area contributed by atoms with Crippen LogP contribution in [0.1, 0.15) is 6.92 Å². The van der Waals surface area contributed by atoms with Gasteiger partial charge in [-0.05, 0) is 19.2 Å². The molecule has 1 unspecified atom stereocenters. The van der Waals surface area contributed by atoms with Crippen molar-refractivity contribution in [1.82, 2.24) is 9.97 Å². The molecule has 0 amide bonds.